The lowest BCUT2D eigenvalue weighted by molar-refractivity contribution is -0.156. The summed E-state index contributed by atoms with van der Waals surface area (Å²) in [7, 11) is -3.25. The van der Waals surface area contributed by atoms with Gasteiger partial charge in [0.25, 0.3) is 5.92 Å². The number of nitrogens with one attached hydrogen (secondary N) is 1. The number of anilines is 1. The van der Waals surface area contributed by atoms with E-state index in [0.717, 1.165) is 6.07 Å². The van der Waals surface area contributed by atoms with Crippen LogP contribution in [0.25, 0.3) is 0 Å². The van der Waals surface area contributed by atoms with Crippen LogP contribution in [0.5, 0.6) is 0 Å². The summed E-state index contributed by atoms with van der Waals surface area (Å²) < 4.78 is 34.2. The van der Waals surface area contributed by atoms with Gasteiger partial charge in [-0.25, -0.2) is 13.8 Å². The van der Waals surface area contributed by atoms with Crippen LogP contribution >= 0.6 is 0 Å². The molecule has 14 nitrogen and oxygen atoms in total. The first-order valence-electron chi connectivity index (χ1n) is 15.0. The number of amides is 1. The van der Waals surface area contributed by atoms with Gasteiger partial charge in [-0.3, -0.25) is 19.2 Å². The Morgan fingerprint density at radius 2 is 1.70 bits per heavy atom. The van der Waals surface area contributed by atoms with Crippen molar-refractivity contribution >= 4 is 36.1 Å². The van der Waals surface area contributed by atoms with Gasteiger partial charge in [-0.15, -0.1) is 0 Å². The summed E-state index contributed by atoms with van der Waals surface area (Å²) in [6, 6.07) is -0.362. The van der Waals surface area contributed by atoms with E-state index in [9.17, 15) is 29.2 Å². The van der Waals surface area contributed by atoms with Gasteiger partial charge >= 0.3 is 7.12 Å². The van der Waals surface area contributed by atoms with Gasteiger partial charge in [0.1, 0.15) is 0 Å². The van der Waals surface area contributed by atoms with Crippen LogP contribution in [-0.2, 0) is 20.8 Å². The number of Topliss-reactive ketones (excluding diaryl/α,β-unsaturated/α-hetero) is 3. The van der Waals surface area contributed by atoms with E-state index in [1.165, 1.54) is 30.7 Å². The second-order valence-corrected chi connectivity index (χ2v) is 12.2. The number of likely N-dealkylation sites (tertiary alicyclic amines) is 1. The number of ketones is 3. The lowest BCUT2D eigenvalue weighted by Crippen LogP contribution is -2.79. The topological polar surface area (TPSA) is 271 Å². The van der Waals surface area contributed by atoms with E-state index >= 15 is 8.78 Å². The Bertz CT molecular complexity index is 1410. The average molecular weight is 649 g/mol. The summed E-state index contributed by atoms with van der Waals surface area (Å²) in [4.78, 5) is 64.7. The largest absolute Gasteiger partial charge is 0.489 e. The van der Waals surface area contributed by atoms with E-state index in [1.54, 1.807) is 13.8 Å². The first-order valence-corrected chi connectivity index (χ1v) is 15.0. The van der Waals surface area contributed by atoms with Gasteiger partial charge < -0.3 is 48.6 Å². The number of alkyl halides is 2. The molecule has 0 bridgehead atoms. The van der Waals surface area contributed by atoms with Gasteiger partial charge in [0, 0.05) is 23.9 Å². The highest BCUT2D eigenvalue weighted by Gasteiger charge is 2.87. The number of imidazole rings is 1. The van der Waals surface area contributed by atoms with Crippen LogP contribution < -0.4 is 28.7 Å². The molecule has 0 radical (unpaired) electrons. The number of nitrogens with two attached hydrogens (primary N) is 5. The minimum atomic E-state index is -4.63. The molecule has 1 aromatic carbocycles. The quantitative estimate of drug-likeness (QED) is 0.0355. The van der Waals surface area contributed by atoms with Gasteiger partial charge in [-0.1, -0.05) is 32.4 Å². The molecule has 0 spiro atoms. The molecule has 1 aliphatic rings. The summed E-state index contributed by atoms with van der Waals surface area (Å²) in [5.74, 6) is -11.3. The van der Waals surface area contributed by atoms with Crippen molar-refractivity contribution in [3.8, 4) is 0 Å². The van der Waals surface area contributed by atoms with Crippen molar-refractivity contribution in [3.63, 3.8) is 0 Å². The fourth-order valence-electron chi connectivity index (χ4n) is 6.41. The summed E-state index contributed by atoms with van der Waals surface area (Å²) >= 11 is 0. The normalized spacial score (nSPS) is 22.8. The van der Waals surface area contributed by atoms with Crippen LogP contribution in [0.1, 0.15) is 55.6 Å². The fraction of sp³-hybridized carbons (Fsp3) is 0.552. The SMILES string of the molecule is CC(C)CC(N)C(=O)C1(B(O)O)N(C(=O)C(N)Cc2c[nH]cn2)CC(F)(F)C1(C(=O)c1ccccc1N)C(=O)C(N)CCCCN. The molecule has 1 saturated heterocycles. The molecular formula is C29H43BF2N8O6. The number of hydrogen-bond acceptors (Lipinski definition) is 12. The van der Waals surface area contributed by atoms with E-state index in [1.807, 2.05) is 0 Å². The number of carbonyl (C=O) groups is 4. The number of H-pyrrole nitrogens is 1. The summed E-state index contributed by atoms with van der Waals surface area (Å²) in [5.41, 5.74) is 21.7. The second-order valence-electron chi connectivity index (χ2n) is 12.2. The summed E-state index contributed by atoms with van der Waals surface area (Å²) in [5, 5.41) is 22.4. The van der Waals surface area contributed by atoms with E-state index in [-0.39, 0.29) is 54.4 Å². The lowest BCUT2D eigenvalue weighted by Gasteiger charge is -2.48. The third-order valence-electron chi connectivity index (χ3n) is 8.50. The van der Waals surface area contributed by atoms with Crippen LogP contribution in [0.4, 0.5) is 14.5 Å². The molecule has 5 atom stereocenters. The van der Waals surface area contributed by atoms with E-state index in [4.69, 9.17) is 28.7 Å². The third-order valence-corrected chi connectivity index (χ3v) is 8.50. The highest BCUT2D eigenvalue weighted by molar-refractivity contribution is 6.57. The molecule has 0 saturated carbocycles. The maximum absolute atomic E-state index is 17.1. The number of para-hydroxylation sites is 1. The van der Waals surface area contributed by atoms with E-state index in [2.05, 4.69) is 9.97 Å². The Kier molecular flexibility index (Phi) is 11.6. The van der Waals surface area contributed by atoms with Crippen molar-refractivity contribution in [2.24, 2.45) is 34.3 Å². The van der Waals surface area contributed by atoms with Crippen molar-refractivity contribution in [2.75, 3.05) is 18.8 Å². The monoisotopic (exact) mass is 648 g/mol. The number of nitrogens with zero attached hydrogens (tertiary/aromatic N) is 2. The first kappa shape index (κ1) is 36.9. The zero-order valence-corrected chi connectivity index (χ0v) is 25.9. The van der Waals surface area contributed by atoms with Crippen molar-refractivity contribution in [1.29, 1.82) is 0 Å². The fourth-order valence-corrected chi connectivity index (χ4v) is 6.41. The van der Waals surface area contributed by atoms with E-state index in [0.29, 0.717) is 6.42 Å². The van der Waals surface area contributed by atoms with Crippen molar-refractivity contribution in [2.45, 2.75) is 75.4 Å². The molecule has 2 aromatic rings. The van der Waals surface area contributed by atoms with Crippen LogP contribution in [0.2, 0.25) is 0 Å². The van der Waals surface area contributed by atoms with E-state index < -0.39 is 77.4 Å². The maximum Gasteiger partial charge on any atom is 0.489 e. The minimum absolute atomic E-state index is 0.124. The van der Waals surface area contributed by atoms with Gasteiger partial charge in [-0.2, -0.15) is 0 Å². The molecule has 0 aliphatic carbocycles. The molecule has 252 valence electrons. The van der Waals surface area contributed by atoms with Crippen molar-refractivity contribution < 1.29 is 38.0 Å². The standard InChI is InChI=1S/C29H43BF2N8O6/c1-16(2)11-21(36)25(43)29(30(45)46)28(24(42)20(35)9-5-6-10-33,23(41)18-7-3-4-8-19(18)34)27(31,32)14-40(29)26(44)22(37)12-17-13-38-15-39-17/h3-4,7-8,13,15-16,20-22,45-46H,5-6,9-12,14,33-37H2,1-2H3,(H,38,39). The number of benzene rings is 1. The maximum atomic E-state index is 17.1. The van der Waals surface area contributed by atoms with Gasteiger partial charge in [0.05, 0.1) is 36.7 Å². The molecule has 1 fully saturated rings. The number of aromatic amines is 1. The molecule has 46 heavy (non-hydrogen) atoms. The van der Waals surface area contributed by atoms with Crippen molar-refractivity contribution in [1.82, 2.24) is 14.9 Å². The Hall–Kier alpha value is -3.61. The molecule has 13 N–H and O–H groups in total. The van der Waals surface area contributed by atoms with Crippen LogP contribution in [0.3, 0.4) is 0 Å². The smallest absolute Gasteiger partial charge is 0.425 e. The Labute approximate surface area is 265 Å². The Balaban J connectivity index is 2.46. The molecule has 1 aliphatic heterocycles. The Morgan fingerprint density at radius 1 is 1.04 bits per heavy atom. The molecule has 5 unspecified atom stereocenters. The second kappa shape index (κ2) is 14.4. The van der Waals surface area contributed by atoms with Crippen molar-refractivity contribution in [3.05, 3.63) is 48.0 Å². The number of aromatic nitrogens is 2. The molecule has 1 amide bonds. The predicted molar refractivity (Wildman–Crippen MR) is 166 cm³/mol. The molecular weight excluding hydrogens is 605 g/mol. The summed E-state index contributed by atoms with van der Waals surface area (Å²) in [6.45, 7) is 1.71. The third kappa shape index (κ3) is 6.22. The molecule has 1 aromatic heterocycles. The lowest BCUT2D eigenvalue weighted by atomic mass is 9.44. The highest BCUT2D eigenvalue weighted by Crippen LogP contribution is 2.59. The zero-order valence-electron chi connectivity index (χ0n) is 25.9. The van der Waals surface area contributed by atoms with Gasteiger partial charge in [0.2, 0.25) is 5.91 Å². The molecule has 17 heteroatoms. The number of unbranched alkanes of at least 4 members (excludes halogenated alkanes) is 1. The molecule has 2 heterocycles. The molecule has 3 rings (SSSR count). The first-order chi connectivity index (χ1) is 21.5. The predicted octanol–water partition coefficient (Wildman–Crippen LogP) is -1.07. The van der Waals surface area contributed by atoms with Crippen LogP contribution in [0, 0.1) is 11.3 Å². The zero-order chi connectivity index (χ0) is 34.6. The van der Waals surface area contributed by atoms with Crippen LogP contribution in [-0.4, -0.2) is 97.9 Å². The Morgan fingerprint density at radius 3 is 2.24 bits per heavy atom. The van der Waals surface area contributed by atoms with Gasteiger partial charge in [-0.05, 0) is 43.9 Å². The number of nitrogen functional groups attached to an aromatic ring is 1. The summed E-state index contributed by atoms with van der Waals surface area (Å²) in [6.07, 6.45) is 2.37. The number of halogens is 2. The minimum Gasteiger partial charge on any atom is -0.425 e. The van der Waals surface area contributed by atoms with Gasteiger partial charge in [0.15, 0.2) is 28.2 Å². The average Bonchev–Trinajstić information content (AvgIpc) is 3.57. The van der Waals surface area contributed by atoms with Crippen LogP contribution in [0.15, 0.2) is 36.8 Å². The number of carbonyl (C=O) groups excluding carboxylic acids is 4. The highest BCUT2D eigenvalue weighted by atomic mass is 19.3. The number of rotatable bonds is 16. The number of hydrogen-bond donors (Lipinski definition) is 8.